The molecule has 1 aliphatic heterocycles. The molecule has 20 heavy (non-hydrogen) atoms. The minimum atomic E-state index is -1.29. The Kier molecular flexibility index (Phi) is 4.57. The summed E-state index contributed by atoms with van der Waals surface area (Å²) in [5.41, 5.74) is 1.16. The number of carbonyl (C=O) groups excluding carboxylic acids is 1. The summed E-state index contributed by atoms with van der Waals surface area (Å²) >= 11 is 0. The zero-order valence-corrected chi connectivity index (χ0v) is 11.6. The SMILES string of the molecule is CCOCCN(CC)c1cc2c(cc1F)C(O)C(=O)N2. The van der Waals surface area contributed by atoms with Gasteiger partial charge in [0.25, 0.3) is 5.91 Å². The number of aliphatic hydroxyl groups excluding tert-OH is 1. The van der Waals surface area contributed by atoms with Gasteiger partial charge in [-0.2, -0.15) is 0 Å². The Labute approximate surface area is 117 Å². The number of nitrogens with one attached hydrogen (secondary N) is 1. The maximum absolute atomic E-state index is 14.2. The Morgan fingerprint density at radius 3 is 2.85 bits per heavy atom. The predicted molar refractivity (Wildman–Crippen MR) is 74.4 cm³/mol. The quantitative estimate of drug-likeness (QED) is 0.779. The largest absolute Gasteiger partial charge is 0.380 e. The van der Waals surface area contributed by atoms with Gasteiger partial charge < -0.3 is 20.1 Å². The van der Waals surface area contributed by atoms with Gasteiger partial charge in [-0.15, -0.1) is 0 Å². The van der Waals surface area contributed by atoms with Crippen LogP contribution in [0.25, 0.3) is 0 Å². The number of ether oxygens (including phenoxy) is 1. The van der Waals surface area contributed by atoms with E-state index in [0.717, 1.165) is 0 Å². The summed E-state index contributed by atoms with van der Waals surface area (Å²) in [4.78, 5) is 13.2. The molecule has 0 saturated heterocycles. The van der Waals surface area contributed by atoms with Crippen LogP contribution >= 0.6 is 0 Å². The molecule has 0 radical (unpaired) electrons. The lowest BCUT2D eigenvalue weighted by Crippen LogP contribution is -2.28. The van der Waals surface area contributed by atoms with Gasteiger partial charge in [0.15, 0.2) is 6.10 Å². The maximum Gasteiger partial charge on any atom is 0.257 e. The Morgan fingerprint density at radius 2 is 2.20 bits per heavy atom. The number of anilines is 2. The fraction of sp³-hybridized carbons (Fsp3) is 0.500. The van der Waals surface area contributed by atoms with Crippen molar-refractivity contribution in [2.45, 2.75) is 20.0 Å². The van der Waals surface area contributed by atoms with E-state index in [9.17, 15) is 14.3 Å². The average Bonchev–Trinajstić information content (AvgIpc) is 2.70. The third-order valence-electron chi connectivity index (χ3n) is 3.35. The number of aliphatic hydroxyl groups is 1. The van der Waals surface area contributed by atoms with Crippen LogP contribution in [-0.2, 0) is 9.53 Å². The van der Waals surface area contributed by atoms with Crippen molar-refractivity contribution in [1.82, 2.24) is 0 Å². The summed E-state index contributed by atoms with van der Waals surface area (Å²) in [5.74, 6) is -0.966. The van der Waals surface area contributed by atoms with Crippen molar-refractivity contribution in [3.8, 4) is 0 Å². The molecule has 1 amide bonds. The predicted octanol–water partition coefficient (Wildman–Crippen LogP) is 1.67. The number of halogens is 1. The number of nitrogens with zero attached hydrogens (tertiary/aromatic N) is 1. The number of rotatable bonds is 6. The molecule has 1 aliphatic rings. The van der Waals surface area contributed by atoms with Gasteiger partial charge in [-0.25, -0.2) is 4.39 Å². The third kappa shape index (κ3) is 2.76. The monoisotopic (exact) mass is 282 g/mol. The molecule has 2 N–H and O–H groups in total. The fourth-order valence-corrected chi connectivity index (χ4v) is 2.26. The molecule has 6 heteroatoms. The second-order valence-corrected chi connectivity index (χ2v) is 4.56. The van der Waals surface area contributed by atoms with E-state index >= 15 is 0 Å². The number of fused-ring (bicyclic) bond motifs is 1. The smallest absolute Gasteiger partial charge is 0.257 e. The molecule has 0 spiro atoms. The summed E-state index contributed by atoms with van der Waals surface area (Å²) in [6, 6.07) is 2.78. The molecule has 0 saturated carbocycles. The van der Waals surface area contributed by atoms with Crippen LogP contribution < -0.4 is 10.2 Å². The van der Waals surface area contributed by atoms with Gasteiger partial charge in [0.05, 0.1) is 12.3 Å². The highest BCUT2D eigenvalue weighted by molar-refractivity contribution is 6.02. The normalized spacial score (nSPS) is 17.0. The van der Waals surface area contributed by atoms with Crippen LogP contribution in [0.1, 0.15) is 25.5 Å². The minimum absolute atomic E-state index is 0.289. The molecule has 1 aromatic rings. The molecule has 1 unspecified atom stereocenters. The first-order chi connectivity index (χ1) is 9.58. The number of amides is 1. The van der Waals surface area contributed by atoms with Gasteiger partial charge in [0, 0.05) is 30.9 Å². The first-order valence-corrected chi connectivity index (χ1v) is 6.73. The molecule has 0 fully saturated rings. The summed E-state index contributed by atoms with van der Waals surface area (Å²) in [7, 11) is 0. The van der Waals surface area contributed by atoms with Crippen molar-refractivity contribution in [3.63, 3.8) is 0 Å². The molecule has 0 bridgehead atoms. The van der Waals surface area contributed by atoms with E-state index in [1.54, 1.807) is 6.07 Å². The summed E-state index contributed by atoms with van der Waals surface area (Å²) in [6.07, 6.45) is -1.29. The third-order valence-corrected chi connectivity index (χ3v) is 3.35. The topological polar surface area (TPSA) is 61.8 Å². The van der Waals surface area contributed by atoms with Crippen LogP contribution in [0.2, 0.25) is 0 Å². The zero-order chi connectivity index (χ0) is 14.7. The van der Waals surface area contributed by atoms with Gasteiger partial charge in [0.1, 0.15) is 5.82 Å². The molecule has 1 heterocycles. The van der Waals surface area contributed by atoms with E-state index in [4.69, 9.17) is 4.74 Å². The fourth-order valence-electron chi connectivity index (χ4n) is 2.26. The van der Waals surface area contributed by atoms with Crippen molar-refractivity contribution in [1.29, 1.82) is 0 Å². The molecule has 5 nitrogen and oxygen atoms in total. The van der Waals surface area contributed by atoms with Crippen LogP contribution in [0.15, 0.2) is 12.1 Å². The van der Waals surface area contributed by atoms with Crippen molar-refractivity contribution in [3.05, 3.63) is 23.5 Å². The standard InChI is InChI=1S/C14H19FN2O3/c1-3-17(5-6-20-4-2)12-8-11-9(7-10(12)15)13(18)14(19)16-11/h7-8,13,18H,3-6H2,1-2H3,(H,16,19). The molecule has 1 aromatic carbocycles. The number of hydrogen-bond acceptors (Lipinski definition) is 4. The zero-order valence-electron chi connectivity index (χ0n) is 11.6. The van der Waals surface area contributed by atoms with E-state index in [2.05, 4.69) is 5.32 Å². The molecule has 0 aromatic heterocycles. The van der Waals surface area contributed by atoms with Crippen molar-refractivity contribution in [2.75, 3.05) is 36.5 Å². The Bertz CT molecular complexity index is 507. The highest BCUT2D eigenvalue weighted by Gasteiger charge is 2.30. The van der Waals surface area contributed by atoms with Gasteiger partial charge in [-0.1, -0.05) is 0 Å². The highest BCUT2D eigenvalue weighted by Crippen LogP contribution is 2.35. The van der Waals surface area contributed by atoms with Crippen molar-refractivity contribution >= 4 is 17.3 Å². The molecular weight excluding hydrogens is 263 g/mol. The van der Waals surface area contributed by atoms with Crippen LogP contribution in [0.3, 0.4) is 0 Å². The van der Waals surface area contributed by atoms with E-state index < -0.39 is 17.8 Å². The first kappa shape index (κ1) is 14.7. The van der Waals surface area contributed by atoms with Crippen LogP contribution in [-0.4, -0.2) is 37.3 Å². The maximum atomic E-state index is 14.2. The molecule has 0 aliphatic carbocycles. The second-order valence-electron chi connectivity index (χ2n) is 4.56. The van der Waals surface area contributed by atoms with Crippen LogP contribution in [0, 0.1) is 5.82 Å². The van der Waals surface area contributed by atoms with Crippen LogP contribution in [0.5, 0.6) is 0 Å². The van der Waals surface area contributed by atoms with Gasteiger partial charge >= 0.3 is 0 Å². The highest BCUT2D eigenvalue weighted by atomic mass is 19.1. The summed E-state index contributed by atoms with van der Waals surface area (Å²) < 4.78 is 19.4. The Balaban J connectivity index is 2.24. The van der Waals surface area contributed by atoms with Crippen LogP contribution in [0.4, 0.5) is 15.8 Å². The average molecular weight is 282 g/mol. The molecule has 110 valence electrons. The molecule has 1 atom stereocenters. The Hall–Kier alpha value is -1.66. The lowest BCUT2D eigenvalue weighted by Gasteiger charge is -2.24. The van der Waals surface area contributed by atoms with E-state index in [1.807, 2.05) is 18.7 Å². The van der Waals surface area contributed by atoms with Gasteiger partial charge in [-0.05, 0) is 26.0 Å². The molecular formula is C14H19FN2O3. The number of benzene rings is 1. The van der Waals surface area contributed by atoms with E-state index in [-0.39, 0.29) is 5.56 Å². The van der Waals surface area contributed by atoms with Gasteiger partial charge in [-0.3, -0.25) is 4.79 Å². The summed E-state index contributed by atoms with van der Waals surface area (Å²) in [6.45, 7) is 6.15. The minimum Gasteiger partial charge on any atom is -0.380 e. The van der Waals surface area contributed by atoms with Crippen molar-refractivity contribution in [2.24, 2.45) is 0 Å². The van der Waals surface area contributed by atoms with Gasteiger partial charge in [0.2, 0.25) is 0 Å². The first-order valence-electron chi connectivity index (χ1n) is 6.73. The Morgan fingerprint density at radius 1 is 1.45 bits per heavy atom. The van der Waals surface area contributed by atoms with E-state index in [1.165, 1.54) is 6.07 Å². The summed E-state index contributed by atoms with van der Waals surface area (Å²) in [5, 5.41) is 12.2. The molecule has 2 rings (SSSR count). The number of carbonyl (C=O) groups is 1. The lowest BCUT2D eigenvalue weighted by atomic mass is 10.1. The number of hydrogen-bond donors (Lipinski definition) is 2. The van der Waals surface area contributed by atoms with Crippen molar-refractivity contribution < 1.29 is 19.0 Å². The number of likely N-dealkylation sites (N-methyl/N-ethyl adjacent to an activating group) is 1. The lowest BCUT2D eigenvalue weighted by molar-refractivity contribution is -0.123. The second kappa shape index (κ2) is 6.19. The van der Waals surface area contributed by atoms with E-state index in [0.29, 0.717) is 37.7 Å².